The Bertz CT molecular complexity index is 787. The summed E-state index contributed by atoms with van der Waals surface area (Å²) in [5, 5.41) is 10.1. The minimum Gasteiger partial charge on any atom is -0.264 e. The molecule has 0 unspecified atom stereocenters. The highest BCUT2D eigenvalue weighted by atomic mass is 32.1. The second-order valence-corrected chi connectivity index (χ2v) is 5.19. The van der Waals surface area contributed by atoms with Gasteiger partial charge in [-0.2, -0.15) is 5.26 Å². The van der Waals surface area contributed by atoms with Gasteiger partial charge in [0.25, 0.3) is 0 Å². The normalized spacial score (nSPS) is 10.2. The lowest BCUT2D eigenvalue weighted by molar-refractivity contribution is 1.23. The van der Waals surface area contributed by atoms with Crippen LogP contribution in [0.1, 0.15) is 11.3 Å². The molecule has 0 spiro atoms. The van der Waals surface area contributed by atoms with Gasteiger partial charge in [0, 0.05) is 24.2 Å². The number of aromatic nitrogens is 3. The molecule has 3 aromatic rings. The molecule has 0 saturated carbocycles. The van der Waals surface area contributed by atoms with E-state index in [1.165, 1.54) is 11.3 Å². The Morgan fingerprint density at radius 2 is 2.05 bits per heavy atom. The first-order chi connectivity index (χ1) is 9.79. The van der Waals surface area contributed by atoms with Crippen molar-refractivity contribution in [3.8, 4) is 27.2 Å². The zero-order chi connectivity index (χ0) is 13.9. The van der Waals surface area contributed by atoms with Crippen molar-refractivity contribution in [2.75, 3.05) is 0 Å². The summed E-state index contributed by atoms with van der Waals surface area (Å²) in [7, 11) is 0. The van der Waals surface area contributed by atoms with Gasteiger partial charge in [0.1, 0.15) is 11.1 Å². The van der Waals surface area contributed by atoms with Gasteiger partial charge in [0.05, 0.1) is 21.8 Å². The molecule has 4 nitrogen and oxygen atoms in total. The summed E-state index contributed by atoms with van der Waals surface area (Å²) < 4.78 is 0. The van der Waals surface area contributed by atoms with Crippen LogP contribution in [0.4, 0.5) is 0 Å². The molecule has 0 aliphatic heterocycles. The lowest BCUT2D eigenvalue weighted by atomic mass is 10.1. The topological polar surface area (TPSA) is 62.5 Å². The summed E-state index contributed by atoms with van der Waals surface area (Å²) in [5.74, 6) is 0. The van der Waals surface area contributed by atoms with Gasteiger partial charge < -0.3 is 0 Å². The Morgan fingerprint density at radius 3 is 2.80 bits per heavy atom. The highest BCUT2D eigenvalue weighted by Gasteiger charge is 2.15. The van der Waals surface area contributed by atoms with Crippen molar-refractivity contribution in [3.05, 3.63) is 54.1 Å². The van der Waals surface area contributed by atoms with Crippen LogP contribution >= 0.6 is 11.3 Å². The van der Waals surface area contributed by atoms with Gasteiger partial charge in [-0.25, -0.2) is 4.98 Å². The zero-order valence-corrected chi connectivity index (χ0v) is 11.6. The van der Waals surface area contributed by atoms with Crippen molar-refractivity contribution in [2.24, 2.45) is 0 Å². The van der Waals surface area contributed by atoms with Crippen molar-refractivity contribution >= 4 is 11.3 Å². The van der Waals surface area contributed by atoms with Gasteiger partial charge in [-0.1, -0.05) is 0 Å². The number of aryl methyl sites for hydroxylation is 1. The fraction of sp³-hybridized carbons (Fsp3) is 0.0667. The quantitative estimate of drug-likeness (QED) is 0.720. The molecule has 5 heteroatoms. The van der Waals surface area contributed by atoms with Gasteiger partial charge >= 0.3 is 0 Å². The maximum atomic E-state index is 9.18. The van der Waals surface area contributed by atoms with E-state index < -0.39 is 0 Å². The molecule has 20 heavy (non-hydrogen) atoms. The lowest BCUT2D eigenvalue weighted by Gasteiger charge is -1.99. The van der Waals surface area contributed by atoms with E-state index in [1.54, 1.807) is 30.7 Å². The molecule has 0 radical (unpaired) electrons. The van der Waals surface area contributed by atoms with Crippen LogP contribution in [0.5, 0.6) is 0 Å². The first-order valence-corrected chi connectivity index (χ1v) is 6.84. The third kappa shape index (κ3) is 2.17. The number of thiazole rings is 1. The second-order valence-electron chi connectivity index (χ2n) is 4.19. The average Bonchev–Trinajstić information content (AvgIpc) is 2.90. The van der Waals surface area contributed by atoms with Crippen molar-refractivity contribution < 1.29 is 0 Å². The number of rotatable bonds is 2. The molecule has 0 bridgehead atoms. The van der Waals surface area contributed by atoms with Crippen LogP contribution < -0.4 is 0 Å². The van der Waals surface area contributed by atoms with Crippen molar-refractivity contribution in [1.82, 2.24) is 15.0 Å². The second kappa shape index (κ2) is 5.19. The minimum absolute atomic E-state index is 0.567. The van der Waals surface area contributed by atoms with Crippen LogP contribution in [0.15, 0.2) is 42.9 Å². The molecule has 0 aliphatic rings. The Hall–Kier alpha value is -2.58. The predicted octanol–water partition coefficient (Wildman–Crippen LogP) is 3.45. The molecule has 3 heterocycles. The summed E-state index contributed by atoms with van der Waals surface area (Å²) in [4.78, 5) is 13.9. The van der Waals surface area contributed by atoms with E-state index in [9.17, 15) is 5.26 Å². The summed E-state index contributed by atoms with van der Waals surface area (Å²) in [6.07, 6.45) is 5.21. The van der Waals surface area contributed by atoms with E-state index in [0.717, 1.165) is 21.1 Å². The Morgan fingerprint density at radius 1 is 1.20 bits per heavy atom. The van der Waals surface area contributed by atoms with E-state index in [2.05, 4.69) is 21.0 Å². The number of hydrogen-bond donors (Lipinski definition) is 0. The number of nitrogens with zero attached hydrogens (tertiary/aromatic N) is 4. The van der Waals surface area contributed by atoms with Gasteiger partial charge in [-0.05, 0) is 31.2 Å². The van der Waals surface area contributed by atoms with Crippen LogP contribution in [0.25, 0.3) is 21.1 Å². The molecule has 0 amide bonds. The number of nitriles is 1. The summed E-state index contributed by atoms with van der Waals surface area (Å²) in [6.45, 7) is 1.93. The standard InChI is InChI=1S/C15H10N4S/c1-10-14(13-11(8-16)4-3-7-18-13)20-15(19-10)12-5-2-6-17-9-12/h2-7,9H,1H3. The van der Waals surface area contributed by atoms with Crippen LogP contribution in [-0.4, -0.2) is 15.0 Å². The Balaban J connectivity index is 2.13. The van der Waals surface area contributed by atoms with Gasteiger partial charge in [0.2, 0.25) is 0 Å². The maximum absolute atomic E-state index is 9.18. The smallest absolute Gasteiger partial charge is 0.125 e. The SMILES string of the molecule is Cc1nc(-c2cccnc2)sc1-c1ncccc1C#N. The number of hydrogen-bond acceptors (Lipinski definition) is 5. The molecular weight excluding hydrogens is 268 g/mol. The van der Waals surface area contributed by atoms with Crippen LogP contribution in [-0.2, 0) is 0 Å². The summed E-state index contributed by atoms with van der Waals surface area (Å²) in [5.41, 5.74) is 3.11. The molecule has 0 aliphatic carbocycles. The Labute approximate surface area is 120 Å². The predicted molar refractivity (Wildman–Crippen MR) is 78.0 cm³/mol. The van der Waals surface area contributed by atoms with E-state index in [1.807, 2.05) is 19.1 Å². The van der Waals surface area contributed by atoms with E-state index in [-0.39, 0.29) is 0 Å². The summed E-state index contributed by atoms with van der Waals surface area (Å²) in [6, 6.07) is 9.56. The molecule has 3 aromatic heterocycles. The lowest BCUT2D eigenvalue weighted by Crippen LogP contribution is -1.87. The maximum Gasteiger partial charge on any atom is 0.125 e. The fourth-order valence-corrected chi connectivity index (χ4v) is 2.97. The first-order valence-electron chi connectivity index (χ1n) is 6.03. The third-order valence-electron chi connectivity index (χ3n) is 2.85. The average molecular weight is 278 g/mol. The zero-order valence-electron chi connectivity index (χ0n) is 10.7. The third-order valence-corrected chi connectivity index (χ3v) is 4.06. The van der Waals surface area contributed by atoms with Gasteiger partial charge in [-0.3, -0.25) is 9.97 Å². The van der Waals surface area contributed by atoms with Crippen molar-refractivity contribution in [1.29, 1.82) is 5.26 Å². The molecule has 0 N–H and O–H groups in total. The molecule has 96 valence electrons. The molecule has 0 fully saturated rings. The van der Waals surface area contributed by atoms with Gasteiger partial charge in [0.15, 0.2) is 0 Å². The van der Waals surface area contributed by atoms with E-state index >= 15 is 0 Å². The van der Waals surface area contributed by atoms with Crippen LogP contribution in [0, 0.1) is 18.3 Å². The molecule has 0 saturated heterocycles. The highest BCUT2D eigenvalue weighted by Crippen LogP contribution is 2.35. The first kappa shape index (κ1) is 12.5. The van der Waals surface area contributed by atoms with Gasteiger partial charge in [-0.15, -0.1) is 11.3 Å². The van der Waals surface area contributed by atoms with Crippen molar-refractivity contribution in [3.63, 3.8) is 0 Å². The fourth-order valence-electron chi connectivity index (χ4n) is 1.91. The van der Waals surface area contributed by atoms with Crippen LogP contribution in [0.2, 0.25) is 0 Å². The highest BCUT2D eigenvalue weighted by molar-refractivity contribution is 7.18. The van der Waals surface area contributed by atoms with Crippen LogP contribution in [0.3, 0.4) is 0 Å². The molecule has 0 aromatic carbocycles. The number of pyridine rings is 2. The monoisotopic (exact) mass is 278 g/mol. The van der Waals surface area contributed by atoms with Crippen molar-refractivity contribution in [2.45, 2.75) is 6.92 Å². The van der Waals surface area contributed by atoms with E-state index in [0.29, 0.717) is 11.3 Å². The molecule has 0 atom stereocenters. The minimum atomic E-state index is 0.567. The largest absolute Gasteiger partial charge is 0.264 e. The summed E-state index contributed by atoms with van der Waals surface area (Å²) >= 11 is 1.53. The Kier molecular flexibility index (Phi) is 3.23. The molecular formula is C15H10N4S. The molecule has 3 rings (SSSR count). The van der Waals surface area contributed by atoms with E-state index in [4.69, 9.17) is 0 Å².